The maximum Gasteiger partial charge on any atom is 0.311 e. The van der Waals surface area contributed by atoms with Crippen LogP contribution >= 0.6 is 0 Å². The van der Waals surface area contributed by atoms with E-state index in [9.17, 15) is 4.79 Å². The monoisotopic (exact) mass is 358 g/mol. The first kappa shape index (κ1) is 18.2. The molecule has 1 aliphatic rings. The molecule has 2 aromatic rings. The third-order valence-electron chi connectivity index (χ3n) is 4.67. The van der Waals surface area contributed by atoms with Gasteiger partial charge in [0.25, 0.3) is 0 Å². The first-order chi connectivity index (χ1) is 12.4. The maximum absolute atomic E-state index is 12.7. The molecule has 0 bridgehead atoms. The summed E-state index contributed by atoms with van der Waals surface area (Å²) in [5.41, 5.74) is 0.858. The fourth-order valence-electron chi connectivity index (χ4n) is 3.38. The van der Waals surface area contributed by atoms with E-state index in [-0.39, 0.29) is 17.3 Å². The number of benzene rings is 1. The maximum atomic E-state index is 12.7. The lowest BCUT2D eigenvalue weighted by Crippen LogP contribution is -2.60. The number of hydrogen-bond acceptors (Lipinski definition) is 6. The van der Waals surface area contributed by atoms with Gasteiger partial charge < -0.3 is 19.0 Å². The van der Waals surface area contributed by atoms with Gasteiger partial charge in [-0.3, -0.25) is 4.79 Å². The predicted octanol–water partition coefficient (Wildman–Crippen LogP) is 2.77. The van der Waals surface area contributed by atoms with E-state index in [2.05, 4.69) is 35.0 Å². The number of ether oxygens (including phenoxy) is 1. The van der Waals surface area contributed by atoms with E-state index in [1.54, 1.807) is 12.0 Å². The average Bonchev–Trinajstić information content (AvgIpc) is 3.09. The lowest BCUT2D eigenvalue weighted by atomic mass is 9.97. The summed E-state index contributed by atoms with van der Waals surface area (Å²) in [6.07, 6.45) is 1.59. The molecular formula is C19H26N4O3. The van der Waals surface area contributed by atoms with Gasteiger partial charge >= 0.3 is 11.8 Å². The van der Waals surface area contributed by atoms with E-state index in [1.165, 1.54) is 0 Å². The molecule has 1 aliphatic heterocycles. The second-order valence-electron chi connectivity index (χ2n) is 7.14. The minimum Gasteiger partial charge on any atom is -0.497 e. The Bertz CT molecular complexity index is 772. The van der Waals surface area contributed by atoms with Crippen LogP contribution in [0.4, 0.5) is 5.69 Å². The molecule has 1 aromatic carbocycles. The van der Waals surface area contributed by atoms with Crippen molar-refractivity contribution in [2.24, 2.45) is 0 Å². The van der Waals surface area contributed by atoms with Crippen LogP contribution in [0.1, 0.15) is 43.8 Å². The zero-order chi connectivity index (χ0) is 18.7. The molecule has 3 rings (SSSR count). The number of anilines is 1. The Morgan fingerprint density at radius 3 is 2.81 bits per heavy atom. The standard InChI is InChI=1S/C19H26N4O3/c1-5-7-16-20-21-17(26-16)18(24)22-10-11-23(19(2,3)13-22)14-8-6-9-15(12-14)25-4/h6,8-9,12H,5,7,10-11,13H2,1-4H3. The number of hydrogen-bond donors (Lipinski definition) is 0. The van der Waals surface area contributed by atoms with Gasteiger partial charge in [0, 0.05) is 37.8 Å². The highest BCUT2D eigenvalue weighted by atomic mass is 16.5. The summed E-state index contributed by atoms with van der Waals surface area (Å²) in [5.74, 6) is 1.23. The molecule has 2 heterocycles. The summed E-state index contributed by atoms with van der Waals surface area (Å²) in [6.45, 7) is 8.19. The number of nitrogens with zero attached hydrogens (tertiary/aromatic N) is 4. The molecule has 1 amide bonds. The third kappa shape index (κ3) is 3.66. The molecule has 0 N–H and O–H groups in total. The molecule has 0 saturated carbocycles. The second kappa shape index (κ2) is 7.35. The lowest BCUT2D eigenvalue weighted by Gasteiger charge is -2.48. The molecule has 7 nitrogen and oxygen atoms in total. The topological polar surface area (TPSA) is 71.7 Å². The number of aromatic nitrogens is 2. The van der Waals surface area contributed by atoms with Crippen molar-refractivity contribution in [3.63, 3.8) is 0 Å². The Morgan fingerprint density at radius 1 is 1.31 bits per heavy atom. The van der Waals surface area contributed by atoms with Crippen LogP contribution in [0.25, 0.3) is 0 Å². The van der Waals surface area contributed by atoms with Gasteiger partial charge in [0.15, 0.2) is 0 Å². The molecule has 1 fully saturated rings. The van der Waals surface area contributed by atoms with Crippen molar-refractivity contribution in [3.8, 4) is 5.75 Å². The Kier molecular flexibility index (Phi) is 5.15. The number of piperazine rings is 1. The third-order valence-corrected chi connectivity index (χ3v) is 4.67. The van der Waals surface area contributed by atoms with Gasteiger partial charge in [-0.25, -0.2) is 0 Å². The molecule has 140 valence electrons. The van der Waals surface area contributed by atoms with Crippen molar-refractivity contribution >= 4 is 11.6 Å². The highest BCUT2D eigenvalue weighted by Gasteiger charge is 2.37. The van der Waals surface area contributed by atoms with E-state index >= 15 is 0 Å². The zero-order valence-electron chi connectivity index (χ0n) is 15.9. The van der Waals surface area contributed by atoms with Crippen molar-refractivity contribution in [1.82, 2.24) is 15.1 Å². The molecule has 0 unspecified atom stereocenters. The van der Waals surface area contributed by atoms with Gasteiger partial charge in [0.05, 0.1) is 12.6 Å². The molecule has 7 heteroatoms. The SMILES string of the molecule is CCCc1nnc(C(=O)N2CCN(c3cccc(OC)c3)C(C)(C)C2)o1. The summed E-state index contributed by atoms with van der Waals surface area (Å²) in [5, 5.41) is 7.87. The van der Waals surface area contributed by atoms with Gasteiger partial charge in [-0.15, -0.1) is 10.2 Å². The number of carbonyl (C=O) groups is 1. The molecule has 0 atom stereocenters. The smallest absolute Gasteiger partial charge is 0.311 e. The van der Waals surface area contributed by atoms with Gasteiger partial charge in [0.2, 0.25) is 5.89 Å². The van der Waals surface area contributed by atoms with Crippen molar-refractivity contribution in [1.29, 1.82) is 0 Å². The Balaban J connectivity index is 1.74. The highest BCUT2D eigenvalue weighted by molar-refractivity contribution is 5.89. The van der Waals surface area contributed by atoms with E-state index in [1.807, 2.05) is 25.1 Å². The van der Waals surface area contributed by atoms with E-state index in [0.717, 1.165) is 24.4 Å². The van der Waals surface area contributed by atoms with Gasteiger partial charge in [-0.1, -0.05) is 13.0 Å². The largest absolute Gasteiger partial charge is 0.497 e. The fourth-order valence-corrected chi connectivity index (χ4v) is 3.38. The minimum absolute atomic E-state index is 0.0825. The normalized spacial score (nSPS) is 16.6. The van der Waals surface area contributed by atoms with Crippen LogP contribution < -0.4 is 9.64 Å². The molecule has 0 spiro atoms. The van der Waals surface area contributed by atoms with E-state index in [0.29, 0.717) is 25.4 Å². The number of amides is 1. The van der Waals surface area contributed by atoms with Crippen molar-refractivity contribution in [3.05, 3.63) is 36.0 Å². The van der Waals surface area contributed by atoms with Crippen LogP contribution in [-0.2, 0) is 6.42 Å². The first-order valence-electron chi connectivity index (χ1n) is 8.98. The highest BCUT2D eigenvalue weighted by Crippen LogP contribution is 2.30. The van der Waals surface area contributed by atoms with Gasteiger partial charge in [-0.05, 0) is 32.4 Å². The number of carbonyl (C=O) groups excluding carboxylic acids is 1. The van der Waals surface area contributed by atoms with Gasteiger partial charge in [0.1, 0.15) is 5.75 Å². The quantitative estimate of drug-likeness (QED) is 0.818. The second-order valence-corrected chi connectivity index (χ2v) is 7.14. The minimum atomic E-state index is -0.230. The predicted molar refractivity (Wildman–Crippen MR) is 98.6 cm³/mol. The van der Waals surface area contributed by atoms with Gasteiger partial charge in [-0.2, -0.15) is 0 Å². The van der Waals surface area contributed by atoms with Crippen molar-refractivity contribution in [2.75, 3.05) is 31.6 Å². The van der Waals surface area contributed by atoms with Crippen LogP contribution in [0.3, 0.4) is 0 Å². The molecule has 0 radical (unpaired) electrons. The van der Waals surface area contributed by atoms with Crippen molar-refractivity contribution < 1.29 is 13.9 Å². The summed E-state index contributed by atoms with van der Waals surface area (Å²) in [4.78, 5) is 16.8. The summed E-state index contributed by atoms with van der Waals surface area (Å²) in [7, 11) is 1.66. The van der Waals surface area contributed by atoms with Crippen LogP contribution in [-0.4, -0.2) is 53.3 Å². The molecule has 1 saturated heterocycles. The average molecular weight is 358 g/mol. The van der Waals surface area contributed by atoms with Crippen LogP contribution in [0.2, 0.25) is 0 Å². The zero-order valence-corrected chi connectivity index (χ0v) is 15.9. The number of aryl methyl sites for hydroxylation is 1. The Labute approximate surface area is 153 Å². The van der Waals surface area contributed by atoms with Crippen molar-refractivity contribution in [2.45, 2.75) is 39.2 Å². The molecule has 26 heavy (non-hydrogen) atoms. The van der Waals surface area contributed by atoms with E-state index in [4.69, 9.17) is 9.15 Å². The summed E-state index contributed by atoms with van der Waals surface area (Å²) >= 11 is 0. The molecule has 1 aromatic heterocycles. The first-order valence-corrected chi connectivity index (χ1v) is 8.98. The summed E-state index contributed by atoms with van der Waals surface area (Å²) < 4.78 is 10.8. The molecule has 0 aliphatic carbocycles. The number of methoxy groups -OCH3 is 1. The van der Waals surface area contributed by atoms with Crippen LogP contribution in [0.15, 0.2) is 28.7 Å². The summed E-state index contributed by atoms with van der Waals surface area (Å²) in [6, 6.07) is 8.00. The fraction of sp³-hybridized carbons (Fsp3) is 0.526. The number of rotatable bonds is 5. The molecular weight excluding hydrogens is 332 g/mol. The lowest BCUT2D eigenvalue weighted by molar-refractivity contribution is 0.0644. The van der Waals surface area contributed by atoms with E-state index < -0.39 is 0 Å². The van der Waals surface area contributed by atoms with Crippen LogP contribution in [0, 0.1) is 0 Å². The Morgan fingerprint density at radius 2 is 2.12 bits per heavy atom. The van der Waals surface area contributed by atoms with Crippen LogP contribution in [0.5, 0.6) is 5.75 Å². The Hall–Kier alpha value is -2.57.